The van der Waals surface area contributed by atoms with Crippen molar-refractivity contribution < 1.29 is 4.74 Å². The van der Waals surface area contributed by atoms with Crippen molar-refractivity contribution in [2.24, 2.45) is 5.92 Å². The Morgan fingerprint density at radius 1 is 1.55 bits per heavy atom. The van der Waals surface area contributed by atoms with Gasteiger partial charge in [-0.2, -0.15) is 0 Å². The Morgan fingerprint density at radius 2 is 2.27 bits per heavy atom. The topological polar surface area (TPSA) is 9.23 Å². The zero-order valence-electron chi connectivity index (χ0n) is 7.76. The molecule has 1 nitrogen and oxygen atoms in total. The number of rotatable bonds is 2. The Morgan fingerprint density at radius 3 is 2.64 bits per heavy atom. The second-order valence-electron chi connectivity index (χ2n) is 3.57. The first-order valence-corrected chi connectivity index (χ1v) is 4.45. The number of hydrogen-bond acceptors (Lipinski definition) is 1. The fourth-order valence-corrected chi connectivity index (χ4v) is 1.57. The van der Waals surface area contributed by atoms with E-state index in [1.807, 2.05) is 0 Å². The SMILES string of the molecule is CO[C@@H]1CC=C(C(C)C)CC1. The van der Waals surface area contributed by atoms with Gasteiger partial charge in [-0.05, 0) is 25.2 Å². The molecule has 0 aromatic rings. The summed E-state index contributed by atoms with van der Waals surface area (Å²) in [6.45, 7) is 4.53. The predicted octanol–water partition coefficient (Wildman–Crippen LogP) is 2.77. The lowest BCUT2D eigenvalue weighted by atomic mass is 9.90. The van der Waals surface area contributed by atoms with Gasteiger partial charge in [-0.25, -0.2) is 0 Å². The molecule has 0 saturated heterocycles. The standard InChI is InChI=1S/C10H18O/c1-8(2)9-4-6-10(11-3)7-5-9/h4,8,10H,5-7H2,1-3H3/t10-/m1/s1. The number of ether oxygens (including phenoxy) is 1. The first-order valence-electron chi connectivity index (χ1n) is 4.45. The summed E-state index contributed by atoms with van der Waals surface area (Å²) in [5.41, 5.74) is 1.61. The average molecular weight is 154 g/mol. The zero-order chi connectivity index (χ0) is 8.27. The first kappa shape index (κ1) is 8.79. The van der Waals surface area contributed by atoms with E-state index in [-0.39, 0.29) is 0 Å². The molecule has 0 N–H and O–H groups in total. The third kappa shape index (κ3) is 2.33. The molecule has 0 spiro atoms. The van der Waals surface area contributed by atoms with Crippen LogP contribution in [0.3, 0.4) is 0 Å². The summed E-state index contributed by atoms with van der Waals surface area (Å²) in [5, 5.41) is 0. The van der Waals surface area contributed by atoms with Gasteiger partial charge in [-0.3, -0.25) is 0 Å². The summed E-state index contributed by atoms with van der Waals surface area (Å²) in [7, 11) is 1.80. The second-order valence-corrected chi connectivity index (χ2v) is 3.57. The van der Waals surface area contributed by atoms with Gasteiger partial charge in [-0.1, -0.05) is 25.5 Å². The van der Waals surface area contributed by atoms with Gasteiger partial charge in [0, 0.05) is 7.11 Å². The largest absolute Gasteiger partial charge is 0.381 e. The van der Waals surface area contributed by atoms with E-state index in [1.165, 1.54) is 12.8 Å². The van der Waals surface area contributed by atoms with E-state index >= 15 is 0 Å². The van der Waals surface area contributed by atoms with Crippen molar-refractivity contribution in [2.75, 3.05) is 7.11 Å². The highest BCUT2D eigenvalue weighted by Gasteiger charge is 2.14. The summed E-state index contributed by atoms with van der Waals surface area (Å²) < 4.78 is 5.27. The van der Waals surface area contributed by atoms with Crippen molar-refractivity contribution in [2.45, 2.75) is 39.2 Å². The second kappa shape index (κ2) is 3.91. The predicted molar refractivity (Wildman–Crippen MR) is 47.6 cm³/mol. The molecule has 1 atom stereocenters. The van der Waals surface area contributed by atoms with Crippen LogP contribution in [0, 0.1) is 5.92 Å². The van der Waals surface area contributed by atoms with Crippen LogP contribution in [0.1, 0.15) is 33.1 Å². The molecule has 64 valence electrons. The molecule has 0 fully saturated rings. The van der Waals surface area contributed by atoms with Gasteiger partial charge >= 0.3 is 0 Å². The third-order valence-electron chi connectivity index (χ3n) is 2.47. The first-order chi connectivity index (χ1) is 5.24. The van der Waals surface area contributed by atoms with E-state index in [9.17, 15) is 0 Å². The Bertz CT molecular complexity index is 147. The monoisotopic (exact) mass is 154 g/mol. The van der Waals surface area contributed by atoms with Crippen molar-refractivity contribution in [3.05, 3.63) is 11.6 Å². The minimum Gasteiger partial charge on any atom is -0.381 e. The average Bonchev–Trinajstić information content (AvgIpc) is 2.05. The molecule has 1 aliphatic rings. The van der Waals surface area contributed by atoms with E-state index in [0.29, 0.717) is 6.10 Å². The van der Waals surface area contributed by atoms with Crippen LogP contribution in [0.25, 0.3) is 0 Å². The van der Waals surface area contributed by atoms with Crippen molar-refractivity contribution in [1.29, 1.82) is 0 Å². The minimum absolute atomic E-state index is 0.484. The lowest BCUT2D eigenvalue weighted by molar-refractivity contribution is 0.0931. The summed E-state index contributed by atoms with van der Waals surface area (Å²) >= 11 is 0. The third-order valence-corrected chi connectivity index (χ3v) is 2.47. The molecule has 0 saturated carbocycles. The highest BCUT2D eigenvalue weighted by atomic mass is 16.5. The molecule has 1 aliphatic carbocycles. The van der Waals surface area contributed by atoms with Crippen LogP contribution < -0.4 is 0 Å². The highest BCUT2D eigenvalue weighted by molar-refractivity contribution is 5.09. The van der Waals surface area contributed by atoms with Crippen LogP contribution in [0.5, 0.6) is 0 Å². The van der Waals surface area contributed by atoms with Crippen LogP contribution in [-0.4, -0.2) is 13.2 Å². The van der Waals surface area contributed by atoms with E-state index in [4.69, 9.17) is 4.74 Å². The number of methoxy groups -OCH3 is 1. The van der Waals surface area contributed by atoms with Gasteiger partial charge in [0.25, 0.3) is 0 Å². The van der Waals surface area contributed by atoms with E-state index in [2.05, 4.69) is 19.9 Å². The van der Waals surface area contributed by atoms with E-state index < -0.39 is 0 Å². The lowest BCUT2D eigenvalue weighted by Gasteiger charge is -2.22. The van der Waals surface area contributed by atoms with Crippen molar-refractivity contribution in [3.63, 3.8) is 0 Å². The van der Waals surface area contributed by atoms with E-state index in [0.717, 1.165) is 12.3 Å². The number of hydrogen-bond donors (Lipinski definition) is 0. The molecule has 0 aliphatic heterocycles. The molecule has 1 heteroatoms. The summed E-state index contributed by atoms with van der Waals surface area (Å²) in [6, 6.07) is 0. The van der Waals surface area contributed by atoms with Crippen LogP contribution in [-0.2, 0) is 4.74 Å². The summed E-state index contributed by atoms with van der Waals surface area (Å²) in [6.07, 6.45) is 6.39. The maximum absolute atomic E-state index is 5.27. The molecular formula is C10H18O. The Kier molecular flexibility index (Phi) is 3.13. The van der Waals surface area contributed by atoms with Crippen molar-refractivity contribution >= 4 is 0 Å². The Labute approximate surface area is 69.4 Å². The summed E-state index contributed by atoms with van der Waals surface area (Å²) in [4.78, 5) is 0. The van der Waals surface area contributed by atoms with Crippen LogP contribution in [0.15, 0.2) is 11.6 Å². The van der Waals surface area contributed by atoms with E-state index in [1.54, 1.807) is 12.7 Å². The molecule has 0 aromatic heterocycles. The molecule has 0 bridgehead atoms. The van der Waals surface area contributed by atoms with Crippen LogP contribution in [0.2, 0.25) is 0 Å². The quantitative estimate of drug-likeness (QED) is 0.556. The molecular weight excluding hydrogens is 136 g/mol. The molecule has 1 rings (SSSR count). The number of allylic oxidation sites excluding steroid dienone is 1. The lowest BCUT2D eigenvalue weighted by Crippen LogP contribution is -2.15. The normalized spacial score (nSPS) is 25.5. The smallest absolute Gasteiger partial charge is 0.0608 e. The van der Waals surface area contributed by atoms with Crippen LogP contribution >= 0.6 is 0 Å². The van der Waals surface area contributed by atoms with Gasteiger partial charge in [-0.15, -0.1) is 0 Å². The molecule has 0 amide bonds. The Balaban J connectivity index is 2.44. The minimum atomic E-state index is 0.484. The van der Waals surface area contributed by atoms with Crippen molar-refractivity contribution in [3.8, 4) is 0 Å². The highest BCUT2D eigenvalue weighted by Crippen LogP contribution is 2.25. The zero-order valence-corrected chi connectivity index (χ0v) is 7.76. The van der Waals surface area contributed by atoms with Crippen LogP contribution in [0.4, 0.5) is 0 Å². The maximum Gasteiger partial charge on any atom is 0.0608 e. The fraction of sp³-hybridized carbons (Fsp3) is 0.800. The fourth-order valence-electron chi connectivity index (χ4n) is 1.57. The summed E-state index contributed by atoms with van der Waals surface area (Å²) in [5.74, 6) is 0.729. The molecule has 0 radical (unpaired) electrons. The molecule has 0 unspecified atom stereocenters. The maximum atomic E-state index is 5.27. The Hall–Kier alpha value is -0.300. The van der Waals surface area contributed by atoms with Gasteiger partial charge in [0.2, 0.25) is 0 Å². The molecule has 0 heterocycles. The van der Waals surface area contributed by atoms with Gasteiger partial charge in [0.15, 0.2) is 0 Å². The van der Waals surface area contributed by atoms with Gasteiger partial charge < -0.3 is 4.74 Å². The van der Waals surface area contributed by atoms with Gasteiger partial charge in [0.1, 0.15) is 0 Å². The molecule has 11 heavy (non-hydrogen) atoms. The molecule has 0 aromatic carbocycles. The van der Waals surface area contributed by atoms with Gasteiger partial charge in [0.05, 0.1) is 6.10 Å². The van der Waals surface area contributed by atoms with Crippen molar-refractivity contribution in [1.82, 2.24) is 0 Å².